The number of hydrogen-bond donors (Lipinski definition) is 0. The molecule has 3 aromatic heterocycles. The predicted molar refractivity (Wildman–Crippen MR) is 157 cm³/mol. The molecule has 1 aromatic carbocycles. The molecule has 4 aromatic rings. The second-order valence-corrected chi connectivity index (χ2v) is 15.1. The summed E-state index contributed by atoms with van der Waals surface area (Å²) in [6, 6.07) is 7.13. The summed E-state index contributed by atoms with van der Waals surface area (Å²) in [5, 5.41) is 1.40. The third kappa shape index (κ3) is 2.70. The van der Waals surface area contributed by atoms with Crippen LogP contribution in [-0.2, 0) is 21.8 Å². The molecule has 0 amide bonds. The van der Waals surface area contributed by atoms with E-state index < -0.39 is 0 Å². The minimum atomic E-state index is -0.121. The van der Waals surface area contributed by atoms with Gasteiger partial charge in [0.2, 0.25) is 11.5 Å². The fraction of sp³-hybridized carbons (Fsp3) is 0.618. The van der Waals surface area contributed by atoms with Gasteiger partial charge in [0.1, 0.15) is 11.2 Å². The molecule has 1 aliphatic heterocycles. The summed E-state index contributed by atoms with van der Waals surface area (Å²) in [7, 11) is 0. The second kappa shape index (κ2) is 7.17. The lowest BCUT2D eigenvalue weighted by molar-refractivity contribution is -0.503. The summed E-state index contributed by atoms with van der Waals surface area (Å²) in [5.41, 5.74) is 10.7. The monoisotopic (exact) mass is 509 g/mol. The first-order chi connectivity index (χ1) is 17.8. The number of rotatable bonds is 2. The van der Waals surface area contributed by atoms with E-state index in [2.05, 4.69) is 96.4 Å². The minimum absolute atomic E-state index is 0.00981. The second-order valence-electron chi connectivity index (χ2n) is 15.1. The summed E-state index contributed by atoms with van der Waals surface area (Å²) in [5.74, 6) is 2.55. The lowest BCUT2D eigenvalue weighted by Crippen LogP contribution is -2.53. The number of aromatic nitrogens is 4. The number of nitrogens with zero attached hydrogens (tertiary/aromatic N) is 4. The Labute approximate surface area is 227 Å². The van der Waals surface area contributed by atoms with Crippen molar-refractivity contribution in [1.29, 1.82) is 0 Å². The van der Waals surface area contributed by atoms with Crippen LogP contribution < -0.4 is 4.40 Å². The standard InChI is InChI=1S/C34H45N4/c1-11-33(9)27-25-20-14-13-19(17-20)21(25)18-22-26(27)29-37(30(35-22)32(6,7)8)28-23(38(29)34(33,10)12-2)15-16-24(36-28)31(3,4)5/h15-16,18-20H,11-14,17H2,1-10H3/q+1. The van der Waals surface area contributed by atoms with E-state index in [1.807, 2.05) is 0 Å². The van der Waals surface area contributed by atoms with Crippen molar-refractivity contribution in [1.82, 2.24) is 14.5 Å². The Kier molecular flexibility index (Phi) is 4.63. The predicted octanol–water partition coefficient (Wildman–Crippen LogP) is 8.09. The van der Waals surface area contributed by atoms with E-state index in [1.54, 1.807) is 16.7 Å². The highest BCUT2D eigenvalue weighted by atomic mass is 15.2. The molecule has 0 saturated heterocycles. The Hall–Kier alpha value is -2.49. The lowest BCUT2D eigenvalue weighted by Gasteiger charge is -2.50. The van der Waals surface area contributed by atoms with Crippen LogP contribution in [0.5, 0.6) is 0 Å². The maximum absolute atomic E-state index is 5.57. The van der Waals surface area contributed by atoms with E-state index in [9.17, 15) is 0 Å². The van der Waals surface area contributed by atoms with E-state index in [-0.39, 0.29) is 21.8 Å². The van der Waals surface area contributed by atoms with Gasteiger partial charge in [-0.05, 0) is 85.8 Å². The van der Waals surface area contributed by atoms with Crippen LogP contribution in [0, 0.1) is 0 Å². The number of benzene rings is 1. The van der Waals surface area contributed by atoms with Gasteiger partial charge < -0.3 is 0 Å². The normalized spacial score (nSPS) is 28.4. The van der Waals surface area contributed by atoms with Crippen LogP contribution in [0.1, 0.15) is 141 Å². The molecule has 4 heterocycles. The maximum Gasteiger partial charge on any atom is 0.273 e. The Balaban J connectivity index is 1.81. The van der Waals surface area contributed by atoms with Gasteiger partial charge in [0, 0.05) is 16.2 Å². The van der Waals surface area contributed by atoms with Gasteiger partial charge in [-0.25, -0.2) is 0 Å². The molecule has 3 aliphatic rings. The number of hydrogen-bond acceptors (Lipinski definition) is 2. The fourth-order valence-corrected chi connectivity index (χ4v) is 8.62. The van der Waals surface area contributed by atoms with Crippen molar-refractivity contribution in [3.05, 3.63) is 46.4 Å². The van der Waals surface area contributed by atoms with Crippen molar-refractivity contribution in [3.63, 3.8) is 0 Å². The lowest BCUT2D eigenvalue weighted by atomic mass is 9.59. The molecule has 2 aliphatic carbocycles. The van der Waals surface area contributed by atoms with Crippen molar-refractivity contribution in [2.45, 2.75) is 135 Å². The van der Waals surface area contributed by atoms with E-state index in [0.29, 0.717) is 5.92 Å². The number of fused-ring (bicyclic) bond motifs is 9. The van der Waals surface area contributed by atoms with Crippen LogP contribution in [0.3, 0.4) is 0 Å². The molecule has 7 rings (SSSR count). The zero-order valence-electron chi connectivity index (χ0n) is 25.2. The van der Waals surface area contributed by atoms with Gasteiger partial charge in [0.15, 0.2) is 5.52 Å². The maximum atomic E-state index is 5.57. The highest BCUT2D eigenvalue weighted by molar-refractivity contribution is 5.99. The average Bonchev–Trinajstić information content (AvgIpc) is 3.56. The Morgan fingerprint density at radius 1 is 0.947 bits per heavy atom. The first-order valence-corrected chi connectivity index (χ1v) is 15.1. The van der Waals surface area contributed by atoms with Gasteiger partial charge in [0.25, 0.3) is 5.65 Å². The van der Waals surface area contributed by atoms with E-state index in [0.717, 1.165) is 35.9 Å². The summed E-state index contributed by atoms with van der Waals surface area (Å²) in [6.07, 6.45) is 6.22. The largest absolute Gasteiger partial charge is 0.273 e. The molecule has 38 heavy (non-hydrogen) atoms. The van der Waals surface area contributed by atoms with Crippen LogP contribution in [-0.4, -0.2) is 14.5 Å². The van der Waals surface area contributed by atoms with Crippen molar-refractivity contribution < 1.29 is 4.40 Å². The van der Waals surface area contributed by atoms with Gasteiger partial charge in [-0.2, -0.15) is 4.40 Å². The summed E-state index contributed by atoms with van der Waals surface area (Å²) in [4.78, 5) is 11.0. The van der Waals surface area contributed by atoms with Crippen LogP contribution in [0.15, 0.2) is 18.2 Å². The molecular weight excluding hydrogens is 464 g/mol. The third-order valence-electron chi connectivity index (χ3n) is 11.1. The zero-order chi connectivity index (χ0) is 27.2. The first-order valence-electron chi connectivity index (χ1n) is 15.1. The number of pyridine rings is 1. The third-order valence-corrected chi connectivity index (χ3v) is 11.1. The SMILES string of the molecule is CCC1(C)c2c3c(cc4nc(C(C)(C)C)[n+]5c6nc(C(C)(C)C)ccc6n(c5c24)C1(C)CC)C1CCC3C1. The van der Waals surface area contributed by atoms with Crippen molar-refractivity contribution in [3.8, 4) is 0 Å². The molecule has 1 saturated carbocycles. The van der Waals surface area contributed by atoms with Crippen LogP contribution >= 0.6 is 0 Å². The molecule has 0 spiro atoms. The average molecular weight is 510 g/mol. The molecular formula is C34H45N4+. The van der Waals surface area contributed by atoms with E-state index in [1.165, 1.54) is 41.3 Å². The molecule has 4 heteroatoms. The van der Waals surface area contributed by atoms with Crippen LogP contribution in [0.2, 0.25) is 0 Å². The van der Waals surface area contributed by atoms with Crippen molar-refractivity contribution >= 4 is 27.7 Å². The Morgan fingerprint density at radius 2 is 1.66 bits per heavy atom. The van der Waals surface area contributed by atoms with Gasteiger partial charge in [-0.3, -0.25) is 4.57 Å². The molecule has 4 nitrogen and oxygen atoms in total. The van der Waals surface area contributed by atoms with Crippen molar-refractivity contribution in [2.24, 2.45) is 0 Å². The topological polar surface area (TPSA) is 34.8 Å². The molecule has 0 N–H and O–H groups in total. The van der Waals surface area contributed by atoms with Gasteiger partial charge in [-0.15, -0.1) is 9.97 Å². The Bertz CT molecular complexity index is 1680. The zero-order valence-corrected chi connectivity index (χ0v) is 25.2. The first kappa shape index (κ1) is 24.5. The molecule has 200 valence electrons. The smallest absolute Gasteiger partial charge is 0.264 e. The molecule has 4 atom stereocenters. The minimum Gasteiger partial charge on any atom is -0.264 e. The van der Waals surface area contributed by atoms with E-state index >= 15 is 0 Å². The van der Waals surface area contributed by atoms with Gasteiger partial charge in [-0.1, -0.05) is 62.3 Å². The van der Waals surface area contributed by atoms with E-state index in [4.69, 9.17) is 9.97 Å². The quantitative estimate of drug-likeness (QED) is 0.256. The van der Waals surface area contributed by atoms with Crippen LogP contribution in [0.4, 0.5) is 0 Å². The summed E-state index contributed by atoms with van der Waals surface area (Å²) < 4.78 is 5.18. The fourth-order valence-electron chi connectivity index (χ4n) is 8.62. The van der Waals surface area contributed by atoms with Gasteiger partial charge in [0.05, 0.1) is 10.9 Å². The van der Waals surface area contributed by atoms with Crippen LogP contribution in [0.25, 0.3) is 27.7 Å². The summed E-state index contributed by atoms with van der Waals surface area (Å²) >= 11 is 0. The molecule has 2 bridgehead atoms. The molecule has 1 fully saturated rings. The molecule has 0 radical (unpaired) electrons. The number of imidazole rings is 1. The molecule has 4 unspecified atom stereocenters. The highest BCUT2D eigenvalue weighted by Crippen LogP contribution is 2.62. The summed E-state index contributed by atoms with van der Waals surface area (Å²) in [6.45, 7) is 23.6. The van der Waals surface area contributed by atoms with Crippen molar-refractivity contribution in [2.75, 3.05) is 0 Å². The van der Waals surface area contributed by atoms with Gasteiger partial charge >= 0.3 is 0 Å². The highest BCUT2D eigenvalue weighted by Gasteiger charge is 2.56. The Morgan fingerprint density at radius 3 is 2.29 bits per heavy atom.